The van der Waals surface area contributed by atoms with Crippen LogP contribution in [-0.2, 0) is 32.0 Å². The molecule has 0 aliphatic carbocycles. The maximum Gasteiger partial charge on any atom is 0.407 e. The molecule has 0 unspecified atom stereocenters. The van der Waals surface area contributed by atoms with Gasteiger partial charge in [0.25, 0.3) is 0 Å². The second-order valence-corrected chi connectivity index (χ2v) is 7.80. The summed E-state index contributed by atoms with van der Waals surface area (Å²) in [6, 6.07) is 24.3. The lowest BCUT2D eigenvalue weighted by Crippen LogP contribution is -2.26. The van der Waals surface area contributed by atoms with Gasteiger partial charge in [0.05, 0.1) is 11.1 Å². The molecule has 3 aromatic carbocycles. The van der Waals surface area contributed by atoms with E-state index in [-0.39, 0.29) is 39.5 Å². The third-order valence-electron chi connectivity index (χ3n) is 4.98. The van der Waals surface area contributed by atoms with E-state index in [9.17, 15) is 19.2 Å². The molecular weight excluding hydrogens is 492 g/mol. The molecule has 0 aliphatic heterocycles. The fourth-order valence-corrected chi connectivity index (χ4v) is 3.15. The predicted molar refractivity (Wildman–Crippen MR) is 136 cm³/mol. The molecule has 0 atom stereocenters. The van der Waals surface area contributed by atoms with Crippen LogP contribution in [0.1, 0.15) is 31.8 Å². The van der Waals surface area contributed by atoms with Crippen molar-refractivity contribution in [1.82, 2.24) is 10.6 Å². The number of amides is 2. The zero-order chi connectivity index (χ0) is 27.0. The van der Waals surface area contributed by atoms with Gasteiger partial charge in [-0.25, -0.2) is 19.2 Å². The number of hydrogen-bond acceptors (Lipinski definition) is 8. The number of esters is 2. The summed E-state index contributed by atoms with van der Waals surface area (Å²) in [6.45, 7) is 0.118. The second kappa shape index (κ2) is 15.3. The molecule has 198 valence electrons. The minimum Gasteiger partial charge on any atom is -0.458 e. The molecular formula is C28H28N2O8. The van der Waals surface area contributed by atoms with E-state index in [1.165, 1.54) is 0 Å². The minimum absolute atomic E-state index is 0.0616. The van der Waals surface area contributed by atoms with E-state index < -0.39 is 24.1 Å². The van der Waals surface area contributed by atoms with Crippen LogP contribution in [0.25, 0.3) is 0 Å². The first-order chi connectivity index (χ1) is 18.5. The number of benzene rings is 3. The zero-order valence-electron chi connectivity index (χ0n) is 20.6. The largest absolute Gasteiger partial charge is 0.458 e. The SMILES string of the molecule is O=C(NCc1cccc(CNC(=O)OCCOC(=O)c2ccccc2)c1)OCCOC(=O)c1ccccc1. The average molecular weight is 521 g/mol. The van der Waals surface area contributed by atoms with Gasteiger partial charge in [0, 0.05) is 13.1 Å². The van der Waals surface area contributed by atoms with Crippen molar-refractivity contribution >= 4 is 24.1 Å². The summed E-state index contributed by atoms with van der Waals surface area (Å²) in [5, 5.41) is 5.22. The lowest BCUT2D eigenvalue weighted by Gasteiger charge is -2.10. The van der Waals surface area contributed by atoms with E-state index in [4.69, 9.17) is 18.9 Å². The predicted octanol–water partition coefficient (Wildman–Crippen LogP) is 3.85. The highest BCUT2D eigenvalue weighted by atomic mass is 16.6. The Hall–Kier alpha value is -4.86. The maximum atomic E-state index is 11.9. The smallest absolute Gasteiger partial charge is 0.407 e. The van der Waals surface area contributed by atoms with Gasteiger partial charge in [0.15, 0.2) is 0 Å². The number of carbonyl (C=O) groups is 4. The van der Waals surface area contributed by atoms with Crippen molar-refractivity contribution in [3.63, 3.8) is 0 Å². The standard InChI is InChI=1S/C28H28N2O8/c31-25(23-10-3-1-4-11-23)35-14-16-37-27(33)29-19-21-8-7-9-22(18-21)20-30-28(34)38-17-15-36-26(32)24-12-5-2-6-13-24/h1-13,18H,14-17,19-20H2,(H,29,33)(H,30,34). The van der Waals surface area contributed by atoms with Crippen LogP contribution in [0.5, 0.6) is 0 Å². The lowest BCUT2D eigenvalue weighted by molar-refractivity contribution is 0.0396. The Labute approximate surface area is 219 Å². The van der Waals surface area contributed by atoms with E-state index in [0.29, 0.717) is 11.1 Å². The molecule has 2 N–H and O–H groups in total. The number of nitrogens with one attached hydrogen (secondary N) is 2. The van der Waals surface area contributed by atoms with Gasteiger partial charge in [-0.05, 0) is 35.4 Å². The zero-order valence-corrected chi connectivity index (χ0v) is 20.6. The molecule has 3 aromatic rings. The van der Waals surface area contributed by atoms with E-state index in [1.54, 1.807) is 66.7 Å². The van der Waals surface area contributed by atoms with Crippen LogP contribution < -0.4 is 10.6 Å². The molecule has 10 nitrogen and oxygen atoms in total. The topological polar surface area (TPSA) is 129 Å². The third kappa shape index (κ3) is 10.0. The van der Waals surface area contributed by atoms with Crippen LogP contribution in [0, 0.1) is 0 Å². The molecule has 0 aliphatic rings. The van der Waals surface area contributed by atoms with Crippen molar-refractivity contribution in [2.75, 3.05) is 26.4 Å². The first kappa shape index (κ1) is 27.7. The Morgan fingerprint density at radius 3 is 1.32 bits per heavy atom. The summed E-state index contributed by atoms with van der Waals surface area (Å²) in [6.07, 6.45) is -1.30. The fraction of sp³-hybridized carbons (Fsp3) is 0.214. The molecule has 0 aromatic heterocycles. The molecule has 2 amide bonds. The summed E-state index contributed by atoms with van der Waals surface area (Å²) in [7, 11) is 0. The van der Waals surface area contributed by atoms with Crippen LogP contribution in [0.3, 0.4) is 0 Å². The van der Waals surface area contributed by atoms with E-state index in [0.717, 1.165) is 11.1 Å². The molecule has 0 spiro atoms. The van der Waals surface area contributed by atoms with Crippen molar-refractivity contribution in [2.24, 2.45) is 0 Å². The number of alkyl carbamates (subject to hydrolysis) is 2. The first-order valence-electron chi connectivity index (χ1n) is 11.8. The van der Waals surface area contributed by atoms with E-state index in [1.807, 2.05) is 18.2 Å². The minimum atomic E-state index is -0.652. The Bertz CT molecular complexity index is 1110. The molecule has 0 saturated heterocycles. The Kier molecular flexibility index (Phi) is 11.2. The van der Waals surface area contributed by atoms with Crippen LogP contribution in [0.2, 0.25) is 0 Å². The fourth-order valence-electron chi connectivity index (χ4n) is 3.15. The Morgan fingerprint density at radius 1 is 0.500 bits per heavy atom. The van der Waals surface area contributed by atoms with E-state index in [2.05, 4.69) is 10.6 Å². The van der Waals surface area contributed by atoms with Crippen molar-refractivity contribution in [3.05, 3.63) is 107 Å². The molecule has 0 radical (unpaired) electrons. The lowest BCUT2D eigenvalue weighted by atomic mass is 10.1. The van der Waals surface area contributed by atoms with Crippen molar-refractivity contribution < 1.29 is 38.1 Å². The normalized spacial score (nSPS) is 10.1. The first-order valence-corrected chi connectivity index (χ1v) is 11.8. The number of hydrogen-bond donors (Lipinski definition) is 2. The van der Waals surface area contributed by atoms with Gasteiger partial charge in [-0.1, -0.05) is 60.7 Å². The highest BCUT2D eigenvalue weighted by molar-refractivity contribution is 5.89. The third-order valence-corrected chi connectivity index (χ3v) is 4.98. The second-order valence-electron chi connectivity index (χ2n) is 7.80. The summed E-state index contributed by atoms with van der Waals surface area (Å²) in [4.78, 5) is 47.5. The number of rotatable bonds is 12. The molecule has 3 rings (SSSR count). The molecule has 0 fully saturated rings. The number of ether oxygens (including phenoxy) is 4. The van der Waals surface area contributed by atoms with Gasteiger partial charge in [-0.3, -0.25) is 0 Å². The van der Waals surface area contributed by atoms with Crippen LogP contribution >= 0.6 is 0 Å². The highest BCUT2D eigenvalue weighted by Crippen LogP contribution is 2.06. The van der Waals surface area contributed by atoms with E-state index >= 15 is 0 Å². The summed E-state index contributed by atoms with van der Waals surface area (Å²) in [5.41, 5.74) is 2.42. The number of carbonyl (C=O) groups excluding carboxylic acids is 4. The summed E-state index contributed by atoms with van der Waals surface area (Å²) >= 11 is 0. The molecule has 38 heavy (non-hydrogen) atoms. The van der Waals surface area contributed by atoms with Crippen molar-refractivity contribution in [2.45, 2.75) is 13.1 Å². The molecule has 10 heteroatoms. The molecule has 0 heterocycles. The van der Waals surface area contributed by atoms with Gasteiger partial charge < -0.3 is 29.6 Å². The van der Waals surface area contributed by atoms with Crippen LogP contribution in [0.15, 0.2) is 84.9 Å². The summed E-state index contributed by atoms with van der Waals surface area (Å²) < 4.78 is 20.1. The Balaban J connectivity index is 1.27. The van der Waals surface area contributed by atoms with Gasteiger partial charge in [0.2, 0.25) is 0 Å². The van der Waals surface area contributed by atoms with Crippen LogP contribution in [-0.4, -0.2) is 50.6 Å². The van der Waals surface area contributed by atoms with Gasteiger partial charge in [0.1, 0.15) is 26.4 Å². The molecule has 0 saturated carbocycles. The quantitative estimate of drug-likeness (QED) is 0.209. The Morgan fingerprint density at radius 2 is 0.895 bits per heavy atom. The van der Waals surface area contributed by atoms with Gasteiger partial charge >= 0.3 is 24.1 Å². The molecule has 0 bridgehead atoms. The van der Waals surface area contributed by atoms with Crippen molar-refractivity contribution in [3.8, 4) is 0 Å². The monoisotopic (exact) mass is 520 g/mol. The average Bonchev–Trinajstić information content (AvgIpc) is 2.96. The maximum absolute atomic E-state index is 11.9. The summed E-state index contributed by atoms with van der Waals surface area (Å²) in [5.74, 6) is -0.981. The highest BCUT2D eigenvalue weighted by Gasteiger charge is 2.09. The van der Waals surface area contributed by atoms with Crippen molar-refractivity contribution in [1.29, 1.82) is 0 Å². The van der Waals surface area contributed by atoms with Gasteiger partial charge in [-0.2, -0.15) is 0 Å². The van der Waals surface area contributed by atoms with Crippen LogP contribution in [0.4, 0.5) is 9.59 Å². The van der Waals surface area contributed by atoms with Gasteiger partial charge in [-0.15, -0.1) is 0 Å².